The number of sulfonamides is 1. The number of halogens is 2. The summed E-state index contributed by atoms with van der Waals surface area (Å²) in [6.07, 6.45) is 0.301. The Bertz CT molecular complexity index is 1200. The summed E-state index contributed by atoms with van der Waals surface area (Å²) >= 11 is 11.8. The normalized spacial score (nSPS) is 16.5. The number of carbonyl (C=O) groups is 1. The van der Waals surface area contributed by atoms with E-state index in [1.54, 1.807) is 12.1 Å². The molecule has 1 aliphatic heterocycles. The highest BCUT2D eigenvalue weighted by molar-refractivity contribution is 7.89. The van der Waals surface area contributed by atoms with Crippen molar-refractivity contribution in [3.63, 3.8) is 0 Å². The molecular formula is C23H20Cl2N2O3S. The van der Waals surface area contributed by atoms with Crippen molar-refractivity contribution in [3.05, 3.63) is 99.5 Å². The van der Waals surface area contributed by atoms with Crippen molar-refractivity contribution in [3.8, 4) is 0 Å². The average molecular weight is 475 g/mol. The second kappa shape index (κ2) is 9.01. The zero-order valence-electron chi connectivity index (χ0n) is 16.5. The van der Waals surface area contributed by atoms with Crippen LogP contribution in [0.15, 0.2) is 77.7 Å². The van der Waals surface area contributed by atoms with Crippen molar-refractivity contribution >= 4 is 39.1 Å². The third-order valence-electron chi connectivity index (χ3n) is 5.31. The zero-order valence-corrected chi connectivity index (χ0v) is 18.8. The van der Waals surface area contributed by atoms with Crippen LogP contribution in [0.1, 0.15) is 16.7 Å². The monoisotopic (exact) mass is 474 g/mol. The summed E-state index contributed by atoms with van der Waals surface area (Å²) in [5.74, 6) is -0.345. The van der Waals surface area contributed by atoms with Crippen LogP contribution in [0.3, 0.4) is 0 Å². The molecule has 1 unspecified atom stereocenters. The van der Waals surface area contributed by atoms with E-state index in [1.807, 2.05) is 36.4 Å². The van der Waals surface area contributed by atoms with Crippen molar-refractivity contribution in [2.45, 2.75) is 30.4 Å². The fourth-order valence-electron chi connectivity index (χ4n) is 3.63. The van der Waals surface area contributed by atoms with Gasteiger partial charge in [0.2, 0.25) is 15.9 Å². The summed E-state index contributed by atoms with van der Waals surface area (Å²) < 4.78 is 28.1. The number of benzene rings is 3. The summed E-state index contributed by atoms with van der Waals surface area (Å²) in [4.78, 5) is 13.2. The predicted molar refractivity (Wildman–Crippen MR) is 121 cm³/mol. The fourth-order valence-corrected chi connectivity index (χ4v) is 5.44. The molecule has 8 heteroatoms. The van der Waals surface area contributed by atoms with Crippen LogP contribution >= 0.6 is 23.2 Å². The van der Waals surface area contributed by atoms with Gasteiger partial charge >= 0.3 is 0 Å². The van der Waals surface area contributed by atoms with Crippen molar-refractivity contribution in [1.82, 2.24) is 9.62 Å². The van der Waals surface area contributed by atoms with Crippen LogP contribution in [0.2, 0.25) is 10.0 Å². The molecule has 1 aliphatic rings. The molecule has 0 spiro atoms. The molecule has 3 aromatic carbocycles. The molecule has 0 saturated carbocycles. The van der Waals surface area contributed by atoms with E-state index < -0.39 is 16.1 Å². The Morgan fingerprint density at radius 3 is 2.13 bits per heavy atom. The molecule has 5 nitrogen and oxygen atoms in total. The molecule has 31 heavy (non-hydrogen) atoms. The molecule has 0 bridgehead atoms. The van der Waals surface area contributed by atoms with Gasteiger partial charge in [-0.25, -0.2) is 8.42 Å². The minimum Gasteiger partial charge on any atom is -0.351 e. The number of fused-ring (bicyclic) bond motifs is 1. The van der Waals surface area contributed by atoms with Crippen LogP contribution in [0.25, 0.3) is 0 Å². The Balaban J connectivity index is 1.63. The maximum absolute atomic E-state index is 13.4. The van der Waals surface area contributed by atoms with Gasteiger partial charge in [-0.2, -0.15) is 4.31 Å². The van der Waals surface area contributed by atoms with Crippen LogP contribution in [-0.2, 0) is 34.3 Å². The third-order valence-corrected chi connectivity index (χ3v) is 7.68. The molecule has 1 N–H and O–H groups in total. The van der Waals surface area contributed by atoms with Crippen molar-refractivity contribution < 1.29 is 13.2 Å². The van der Waals surface area contributed by atoms with E-state index in [0.29, 0.717) is 16.5 Å². The van der Waals surface area contributed by atoms with Gasteiger partial charge in [0.25, 0.3) is 0 Å². The lowest BCUT2D eigenvalue weighted by Crippen LogP contribution is -2.52. The summed E-state index contributed by atoms with van der Waals surface area (Å²) in [7, 11) is -3.91. The van der Waals surface area contributed by atoms with Gasteiger partial charge in [-0.1, -0.05) is 59.6 Å². The Morgan fingerprint density at radius 1 is 0.903 bits per heavy atom. The topological polar surface area (TPSA) is 66.5 Å². The van der Waals surface area contributed by atoms with Gasteiger partial charge in [-0.05, 0) is 59.5 Å². The first kappa shape index (κ1) is 21.8. The van der Waals surface area contributed by atoms with Crippen LogP contribution in [0.5, 0.6) is 0 Å². The number of nitrogens with zero attached hydrogens (tertiary/aromatic N) is 1. The van der Waals surface area contributed by atoms with Gasteiger partial charge in [-0.3, -0.25) is 4.79 Å². The molecule has 1 heterocycles. The van der Waals surface area contributed by atoms with Crippen LogP contribution in [0.4, 0.5) is 0 Å². The van der Waals surface area contributed by atoms with Gasteiger partial charge in [-0.15, -0.1) is 0 Å². The highest BCUT2D eigenvalue weighted by Crippen LogP contribution is 2.29. The standard InChI is InChI=1S/C23H20Cl2N2O3S/c24-19-7-5-16(6-8-19)14-26-23(28)22-13-17-3-1-2-4-18(17)15-27(22)31(29,30)21-11-9-20(25)10-12-21/h1-12,22H,13-15H2,(H,26,28). The second-order valence-corrected chi connectivity index (χ2v) is 10.1. The Hall–Kier alpha value is -2.38. The summed E-state index contributed by atoms with van der Waals surface area (Å²) in [5, 5.41) is 3.93. The summed E-state index contributed by atoms with van der Waals surface area (Å²) in [6.45, 7) is 0.406. The number of hydrogen-bond donors (Lipinski definition) is 1. The number of rotatable bonds is 5. The minimum atomic E-state index is -3.91. The molecule has 0 saturated heterocycles. The third kappa shape index (κ3) is 4.77. The van der Waals surface area contributed by atoms with E-state index in [1.165, 1.54) is 28.6 Å². The van der Waals surface area contributed by atoms with Crippen molar-refractivity contribution in [1.29, 1.82) is 0 Å². The Kier molecular flexibility index (Phi) is 6.34. The largest absolute Gasteiger partial charge is 0.351 e. The average Bonchev–Trinajstić information content (AvgIpc) is 2.78. The van der Waals surface area contributed by atoms with Crippen molar-refractivity contribution in [2.24, 2.45) is 0 Å². The smallest absolute Gasteiger partial charge is 0.244 e. The second-order valence-electron chi connectivity index (χ2n) is 7.34. The lowest BCUT2D eigenvalue weighted by atomic mass is 9.95. The van der Waals surface area contributed by atoms with Gasteiger partial charge < -0.3 is 5.32 Å². The van der Waals surface area contributed by atoms with Gasteiger partial charge in [0.1, 0.15) is 6.04 Å². The van der Waals surface area contributed by atoms with Crippen LogP contribution < -0.4 is 5.32 Å². The van der Waals surface area contributed by atoms with Gasteiger partial charge in [0.15, 0.2) is 0 Å². The molecule has 0 aliphatic carbocycles. The first-order valence-electron chi connectivity index (χ1n) is 9.71. The van der Waals surface area contributed by atoms with E-state index in [-0.39, 0.29) is 23.9 Å². The van der Waals surface area contributed by atoms with E-state index in [2.05, 4.69) is 5.32 Å². The number of hydrogen-bond acceptors (Lipinski definition) is 3. The quantitative estimate of drug-likeness (QED) is 0.594. The highest BCUT2D eigenvalue weighted by atomic mass is 35.5. The number of nitrogens with one attached hydrogen (secondary N) is 1. The lowest BCUT2D eigenvalue weighted by Gasteiger charge is -2.35. The van der Waals surface area contributed by atoms with E-state index >= 15 is 0 Å². The van der Waals surface area contributed by atoms with Crippen LogP contribution in [-0.4, -0.2) is 24.7 Å². The number of amides is 1. The Morgan fingerprint density at radius 2 is 1.48 bits per heavy atom. The molecule has 1 atom stereocenters. The molecule has 1 amide bonds. The van der Waals surface area contributed by atoms with E-state index in [0.717, 1.165) is 16.7 Å². The molecular weight excluding hydrogens is 455 g/mol. The zero-order chi connectivity index (χ0) is 22.0. The van der Waals surface area contributed by atoms with Crippen LogP contribution in [0, 0.1) is 0 Å². The maximum atomic E-state index is 13.4. The van der Waals surface area contributed by atoms with E-state index in [9.17, 15) is 13.2 Å². The van der Waals surface area contributed by atoms with Gasteiger partial charge in [0.05, 0.1) is 4.90 Å². The number of carbonyl (C=O) groups excluding carboxylic acids is 1. The maximum Gasteiger partial charge on any atom is 0.244 e. The first-order chi connectivity index (χ1) is 14.8. The SMILES string of the molecule is O=C(NCc1ccc(Cl)cc1)C1Cc2ccccc2CN1S(=O)(=O)c1ccc(Cl)cc1. The minimum absolute atomic E-state index is 0.104. The molecule has 0 radical (unpaired) electrons. The fraction of sp³-hybridized carbons (Fsp3) is 0.174. The predicted octanol–water partition coefficient (Wildman–Crippen LogP) is 4.43. The molecule has 160 valence electrons. The molecule has 4 rings (SSSR count). The highest BCUT2D eigenvalue weighted by Gasteiger charge is 2.39. The molecule has 3 aromatic rings. The lowest BCUT2D eigenvalue weighted by molar-refractivity contribution is -0.125. The Labute approximate surface area is 191 Å². The van der Waals surface area contributed by atoms with Gasteiger partial charge in [0, 0.05) is 23.1 Å². The summed E-state index contributed by atoms with van der Waals surface area (Å²) in [5.41, 5.74) is 2.74. The summed E-state index contributed by atoms with van der Waals surface area (Å²) in [6, 6.07) is 19.8. The molecule has 0 fully saturated rings. The van der Waals surface area contributed by atoms with Crippen molar-refractivity contribution in [2.75, 3.05) is 0 Å². The molecule has 0 aromatic heterocycles. The van der Waals surface area contributed by atoms with E-state index in [4.69, 9.17) is 23.2 Å². The first-order valence-corrected chi connectivity index (χ1v) is 11.9.